The molecule has 0 aliphatic carbocycles. The number of piperidine rings is 1. The van der Waals surface area contributed by atoms with E-state index in [0.29, 0.717) is 6.04 Å². The van der Waals surface area contributed by atoms with E-state index >= 15 is 0 Å². The molecule has 0 spiro atoms. The van der Waals surface area contributed by atoms with Gasteiger partial charge in [0.05, 0.1) is 0 Å². The molecule has 0 amide bonds. The molecular formula is C16H21N3S. The summed E-state index contributed by atoms with van der Waals surface area (Å²) in [6, 6.07) is 11.4. The van der Waals surface area contributed by atoms with Crippen LogP contribution in [0.5, 0.6) is 0 Å². The number of aromatic nitrogens is 2. The molecule has 0 radical (unpaired) electrons. The minimum absolute atomic E-state index is 0.622. The molecule has 0 unspecified atom stereocenters. The Balaban J connectivity index is 1.66. The number of nitrogens with zero attached hydrogens (tertiary/aromatic N) is 3. The predicted molar refractivity (Wildman–Crippen MR) is 84.4 cm³/mol. The van der Waals surface area contributed by atoms with Gasteiger partial charge in [0, 0.05) is 12.6 Å². The fourth-order valence-corrected chi connectivity index (χ4v) is 3.72. The summed E-state index contributed by atoms with van der Waals surface area (Å²) in [5.41, 5.74) is 1.44. The number of hydrogen-bond acceptors (Lipinski definition) is 4. The Morgan fingerprint density at radius 1 is 1.20 bits per heavy atom. The average Bonchev–Trinajstić information content (AvgIpc) is 2.93. The van der Waals surface area contributed by atoms with Crippen molar-refractivity contribution in [2.24, 2.45) is 0 Å². The van der Waals surface area contributed by atoms with Gasteiger partial charge in [0.1, 0.15) is 5.01 Å². The van der Waals surface area contributed by atoms with Crippen LogP contribution in [0.3, 0.4) is 0 Å². The zero-order valence-corrected chi connectivity index (χ0v) is 12.8. The molecule has 1 atom stereocenters. The van der Waals surface area contributed by atoms with Crippen molar-refractivity contribution in [1.29, 1.82) is 0 Å². The van der Waals surface area contributed by atoms with E-state index in [2.05, 4.69) is 45.4 Å². The smallest absolute Gasteiger partial charge is 0.208 e. The molecule has 0 saturated carbocycles. The van der Waals surface area contributed by atoms with Crippen LogP contribution in [0.25, 0.3) is 0 Å². The lowest BCUT2D eigenvalue weighted by Crippen LogP contribution is -2.39. The Kier molecular flexibility index (Phi) is 4.31. The molecule has 1 aliphatic heterocycles. The van der Waals surface area contributed by atoms with Gasteiger partial charge in [0.15, 0.2) is 0 Å². The highest BCUT2D eigenvalue weighted by molar-refractivity contribution is 7.15. The van der Waals surface area contributed by atoms with E-state index in [-0.39, 0.29) is 0 Å². The molecule has 0 N–H and O–H groups in total. The number of anilines is 1. The van der Waals surface area contributed by atoms with E-state index in [1.807, 2.05) is 6.92 Å². The molecule has 1 fully saturated rings. The standard InChI is InChI=1S/C16H21N3S/c1-13-17-18-16(20-13)19-12-6-5-9-15(19)11-10-14-7-3-2-4-8-14/h2-4,7-8,15H,5-6,9-12H2,1H3/t15-/m0/s1. The Hall–Kier alpha value is -1.42. The molecule has 1 saturated heterocycles. The van der Waals surface area contributed by atoms with E-state index in [1.54, 1.807) is 11.3 Å². The monoisotopic (exact) mass is 287 g/mol. The second kappa shape index (κ2) is 6.35. The summed E-state index contributed by atoms with van der Waals surface area (Å²) in [6.45, 7) is 3.16. The maximum atomic E-state index is 4.34. The van der Waals surface area contributed by atoms with Crippen LogP contribution < -0.4 is 4.90 Å². The van der Waals surface area contributed by atoms with E-state index in [0.717, 1.165) is 23.1 Å². The number of hydrogen-bond donors (Lipinski definition) is 0. The van der Waals surface area contributed by atoms with Gasteiger partial charge in [-0.05, 0) is 44.6 Å². The second-order valence-corrected chi connectivity index (χ2v) is 6.63. The first-order valence-corrected chi connectivity index (χ1v) is 8.25. The van der Waals surface area contributed by atoms with Crippen LogP contribution in [0.1, 0.15) is 36.3 Å². The lowest BCUT2D eigenvalue weighted by atomic mass is 9.96. The van der Waals surface area contributed by atoms with Crippen molar-refractivity contribution in [3.8, 4) is 0 Å². The minimum atomic E-state index is 0.622. The van der Waals surface area contributed by atoms with E-state index in [1.165, 1.54) is 31.2 Å². The van der Waals surface area contributed by atoms with Crippen LogP contribution in [0.2, 0.25) is 0 Å². The van der Waals surface area contributed by atoms with Crippen molar-refractivity contribution >= 4 is 16.5 Å². The zero-order valence-electron chi connectivity index (χ0n) is 12.0. The van der Waals surface area contributed by atoms with Crippen LogP contribution in [-0.4, -0.2) is 22.8 Å². The van der Waals surface area contributed by atoms with Gasteiger partial charge in [-0.2, -0.15) is 0 Å². The topological polar surface area (TPSA) is 29.0 Å². The maximum Gasteiger partial charge on any atom is 0.208 e. The molecule has 4 heteroatoms. The Morgan fingerprint density at radius 2 is 2.05 bits per heavy atom. The summed E-state index contributed by atoms with van der Waals surface area (Å²) in [7, 11) is 0. The van der Waals surface area contributed by atoms with E-state index in [4.69, 9.17) is 0 Å². The first-order valence-electron chi connectivity index (χ1n) is 7.43. The third-order valence-electron chi connectivity index (χ3n) is 4.00. The largest absolute Gasteiger partial charge is 0.344 e. The lowest BCUT2D eigenvalue weighted by Gasteiger charge is -2.35. The van der Waals surface area contributed by atoms with E-state index in [9.17, 15) is 0 Å². The quantitative estimate of drug-likeness (QED) is 0.855. The summed E-state index contributed by atoms with van der Waals surface area (Å²) in [5.74, 6) is 0. The zero-order chi connectivity index (χ0) is 13.8. The third-order valence-corrected chi connectivity index (χ3v) is 4.87. The summed E-state index contributed by atoms with van der Waals surface area (Å²) in [6.07, 6.45) is 6.27. The Morgan fingerprint density at radius 3 is 2.80 bits per heavy atom. The lowest BCUT2D eigenvalue weighted by molar-refractivity contribution is 0.437. The predicted octanol–water partition coefficient (Wildman–Crippen LogP) is 3.84. The minimum Gasteiger partial charge on any atom is -0.344 e. The molecular weight excluding hydrogens is 266 g/mol. The molecule has 106 valence electrons. The van der Waals surface area contributed by atoms with Crippen LogP contribution in [0.4, 0.5) is 5.13 Å². The summed E-state index contributed by atoms with van der Waals surface area (Å²) >= 11 is 1.72. The van der Waals surface area contributed by atoms with Crippen molar-refractivity contribution in [1.82, 2.24) is 10.2 Å². The highest BCUT2D eigenvalue weighted by Gasteiger charge is 2.24. The maximum absolute atomic E-state index is 4.34. The highest BCUT2D eigenvalue weighted by atomic mass is 32.1. The third kappa shape index (κ3) is 3.18. The number of rotatable bonds is 4. The summed E-state index contributed by atoms with van der Waals surface area (Å²) in [4.78, 5) is 2.48. The molecule has 1 aliphatic rings. The van der Waals surface area contributed by atoms with Gasteiger partial charge < -0.3 is 4.90 Å². The molecule has 1 aromatic carbocycles. The van der Waals surface area contributed by atoms with Gasteiger partial charge in [0.2, 0.25) is 5.13 Å². The molecule has 20 heavy (non-hydrogen) atoms. The van der Waals surface area contributed by atoms with E-state index < -0.39 is 0 Å². The van der Waals surface area contributed by atoms with Crippen LogP contribution >= 0.6 is 11.3 Å². The van der Waals surface area contributed by atoms with Crippen molar-refractivity contribution in [3.63, 3.8) is 0 Å². The van der Waals surface area contributed by atoms with Crippen molar-refractivity contribution in [2.45, 2.75) is 45.1 Å². The highest BCUT2D eigenvalue weighted by Crippen LogP contribution is 2.29. The molecule has 0 bridgehead atoms. The molecule has 3 rings (SSSR count). The van der Waals surface area contributed by atoms with Gasteiger partial charge in [-0.25, -0.2) is 0 Å². The first-order chi connectivity index (χ1) is 9.83. The molecule has 3 nitrogen and oxygen atoms in total. The summed E-state index contributed by atoms with van der Waals surface area (Å²) in [5, 5.41) is 10.7. The van der Waals surface area contributed by atoms with Gasteiger partial charge in [-0.1, -0.05) is 41.7 Å². The summed E-state index contributed by atoms with van der Waals surface area (Å²) < 4.78 is 0. The van der Waals surface area contributed by atoms with Crippen molar-refractivity contribution < 1.29 is 0 Å². The van der Waals surface area contributed by atoms with Crippen molar-refractivity contribution in [3.05, 3.63) is 40.9 Å². The number of benzene rings is 1. The first kappa shape index (κ1) is 13.6. The van der Waals surface area contributed by atoms with Crippen LogP contribution in [-0.2, 0) is 6.42 Å². The number of aryl methyl sites for hydroxylation is 2. The average molecular weight is 287 g/mol. The normalized spacial score (nSPS) is 19.2. The van der Waals surface area contributed by atoms with Crippen LogP contribution in [0.15, 0.2) is 30.3 Å². The van der Waals surface area contributed by atoms with Crippen molar-refractivity contribution in [2.75, 3.05) is 11.4 Å². The van der Waals surface area contributed by atoms with Gasteiger partial charge in [-0.15, -0.1) is 10.2 Å². The Labute approximate surface area is 124 Å². The fraction of sp³-hybridized carbons (Fsp3) is 0.500. The van der Waals surface area contributed by atoms with Gasteiger partial charge in [-0.3, -0.25) is 0 Å². The molecule has 2 aromatic rings. The van der Waals surface area contributed by atoms with Gasteiger partial charge in [0.25, 0.3) is 0 Å². The van der Waals surface area contributed by atoms with Gasteiger partial charge >= 0.3 is 0 Å². The SMILES string of the molecule is Cc1nnc(N2CCCC[C@H]2CCc2ccccc2)s1. The fourth-order valence-electron chi connectivity index (χ4n) is 2.93. The molecule has 1 aromatic heterocycles. The molecule has 2 heterocycles. The van der Waals surface area contributed by atoms with Crippen LogP contribution in [0, 0.1) is 6.92 Å². The second-order valence-electron chi connectivity index (χ2n) is 5.47. The Bertz CT molecular complexity index is 538.